The summed E-state index contributed by atoms with van der Waals surface area (Å²) in [4.78, 5) is 5.03. The number of aromatic nitrogens is 1. The Hall–Kier alpha value is -2.91. The van der Waals surface area contributed by atoms with Crippen molar-refractivity contribution < 1.29 is 4.74 Å². The molecule has 0 fully saturated rings. The Morgan fingerprint density at radius 3 is 2.24 bits per heavy atom. The van der Waals surface area contributed by atoms with Crippen LogP contribution in [0.5, 0.6) is 5.75 Å². The minimum absolute atomic E-state index is 0.0265. The molecular weight excluding hydrogens is 482 g/mol. The number of benzene rings is 3. The van der Waals surface area contributed by atoms with Gasteiger partial charge in [0.05, 0.1) is 17.5 Å². The number of methoxy groups -OCH3 is 1. The van der Waals surface area contributed by atoms with Crippen LogP contribution >= 0.6 is 11.3 Å². The lowest BCUT2D eigenvalue weighted by Gasteiger charge is -2.43. The zero-order valence-corrected chi connectivity index (χ0v) is 25.1. The summed E-state index contributed by atoms with van der Waals surface area (Å²) in [6.07, 6.45) is 4.36. The van der Waals surface area contributed by atoms with Gasteiger partial charge in [0, 0.05) is 27.2 Å². The molecule has 2 aromatic heterocycles. The smallest absolute Gasteiger partial charge is 0.131 e. The number of hydrogen-bond acceptors (Lipinski definition) is 3. The molecule has 0 atom stereocenters. The SMILES string of the molecule is COc1c(C)c2c(c3sc4c(-c5cc(C(C)(C)C)c6ccccc6c5)nccc4c13)C(C)(C)CCC2(C)C. The third kappa shape index (κ3) is 3.61. The molecule has 0 saturated heterocycles. The number of fused-ring (bicyclic) bond motifs is 6. The molecule has 0 spiro atoms. The second kappa shape index (κ2) is 8.29. The number of pyridine rings is 1. The quantitative estimate of drug-likeness (QED) is 0.230. The Morgan fingerprint density at radius 2 is 1.55 bits per heavy atom. The fourth-order valence-corrected chi connectivity index (χ4v) is 8.46. The van der Waals surface area contributed by atoms with Gasteiger partial charge in [-0.1, -0.05) is 72.7 Å². The Labute approximate surface area is 231 Å². The average Bonchev–Trinajstić information content (AvgIpc) is 3.24. The number of ether oxygens (including phenoxy) is 1. The fraction of sp³-hybridized carbons (Fsp3) is 0.400. The van der Waals surface area contributed by atoms with Crippen molar-refractivity contribution in [2.24, 2.45) is 0 Å². The molecule has 196 valence electrons. The Balaban J connectivity index is 1.75. The summed E-state index contributed by atoms with van der Waals surface area (Å²) in [5.74, 6) is 1.03. The minimum Gasteiger partial charge on any atom is -0.496 e. The highest BCUT2D eigenvalue weighted by Crippen LogP contribution is 2.56. The second-order valence-electron chi connectivity index (χ2n) is 13.5. The van der Waals surface area contributed by atoms with Crippen LogP contribution in [0.25, 0.3) is 42.2 Å². The van der Waals surface area contributed by atoms with E-state index in [1.165, 1.54) is 71.6 Å². The summed E-state index contributed by atoms with van der Waals surface area (Å²) in [5.41, 5.74) is 8.17. The van der Waals surface area contributed by atoms with Gasteiger partial charge in [0.25, 0.3) is 0 Å². The van der Waals surface area contributed by atoms with E-state index in [2.05, 4.69) is 97.9 Å². The van der Waals surface area contributed by atoms with Gasteiger partial charge in [0.15, 0.2) is 0 Å². The topological polar surface area (TPSA) is 22.1 Å². The van der Waals surface area contributed by atoms with E-state index >= 15 is 0 Å². The molecule has 0 amide bonds. The van der Waals surface area contributed by atoms with Crippen molar-refractivity contribution in [3.63, 3.8) is 0 Å². The molecule has 0 saturated carbocycles. The lowest BCUT2D eigenvalue weighted by Crippen LogP contribution is -2.34. The maximum absolute atomic E-state index is 6.21. The van der Waals surface area contributed by atoms with Crippen LogP contribution in [-0.2, 0) is 16.2 Å². The highest BCUT2D eigenvalue weighted by atomic mass is 32.1. The summed E-state index contributed by atoms with van der Waals surface area (Å²) in [5, 5.41) is 5.10. The molecule has 0 radical (unpaired) electrons. The van der Waals surface area contributed by atoms with Crippen LogP contribution in [0.15, 0.2) is 48.7 Å². The monoisotopic (exact) mass is 521 g/mol. The van der Waals surface area contributed by atoms with Crippen molar-refractivity contribution in [1.82, 2.24) is 4.98 Å². The Bertz CT molecular complexity index is 1750. The predicted octanol–water partition coefficient (Wildman–Crippen LogP) is 10.2. The van der Waals surface area contributed by atoms with Crippen LogP contribution in [-0.4, -0.2) is 12.1 Å². The summed E-state index contributed by atoms with van der Waals surface area (Å²) in [6, 6.07) is 15.6. The molecule has 6 rings (SSSR count). The summed E-state index contributed by atoms with van der Waals surface area (Å²) < 4.78 is 8.83. The van der Waals surface area contributed by atoms with E-state index in [0.29, 0.717) is 0 Å². The lowest BCUT2D eigenvalue weighted by molar-refractivity contribution is 0.330. The Kier molecular flexibility index (Phi) is 5.54. The lowest BCUT2D eigenvalue weighted by atomic mass is 9.61. The van der Waals surface area contributed by atoms with Crippen molar-refractivity contribution in [3.8, 4) is 17.0 Å². The van der Waals surface area contributed by atoms with Gasteiger partial charge in [-0.3, -0.25) is 4.98 Å². The molecule has 3 aromatic carbocycles. The molecule has 38 heavy (non-hydrogen) atoms. The molecule has 5 aromatic rings. The van der Waals surface area contributed by atoms with E-state index in [-0.39, 0.29) is 16.2 Å². The molecule has 0 bridgehead atoms. The molecule has 2 heterocycles. The van der Waals surface area contributed by atoms with Crippen LogP contribution in [0.3, 0.4) is 0 Å². The van der Waals surface area contributed by atoms with Gasteiger partial charge in [-0.05, 0) is 87.2 Å². The van der Waals surface area contributed by atoms with Gasteiger partial charge in [-0.2, -0.15) is 0 Å². The zero-order valence-electron chi connectivity index (χ0n) is 24.3. The van der Waals surface area contributed by atoms with E-state index < -0.39 is 0 Å². The van der Waals surface area contributed by atoms with Crippen LogP contribution in [0.2, 0.25) is 0 Å². The van der Waals surface area contributed by atoms with Crippen LogP contribution < -0.4 is 4.74 Å². The van der Waals surface area contributed by atoms with Crippen LogP contribution in [0, 0.1) is 6.92 Å². The molecular formula is C35H39NOS. The Morgan fingerprint density at radius 1 is 0.868 bits per heavy atom. The van der Waals surface area contributed by atoms with E-state index in [9.17, 15) is 0 Å². The van der Waals surface area contributed by atoms with Crippen LogP contribution in [0.4, 0.5) is 0 Å². The first-order valence-electron chi connectivity index (χ1n) is 13.8. The first kappa shape index (κ1) is 25.4. The third-order valence-electron chi connectivity index (χ3n) is 8.90. The number of hydrogen-bond donors (Lipinski definition) is 0. The number of rotatable bonds is 2. The van der Waals surface area contributed by atoms with Crippen LogP contribution in [0.1, 0.15) is 83.6 Å². The van der Waals surface area contributed by atoms with Gasteiger partial charge in [0.2, 0.25) is 0 Å². The molecule has 1 aliphatic carbocycles. The zero-order chi connectivity index (χ0) is 27.2. The fourth-order valence-electron chi connectivity index (χ4n) is 6.92. The van der Waals surface area contributed by atoms with E-state index in [1.807, 2.05) is 24.6 Å². The van der Waals surface area contributed by atoms with E-state index in [0.717, 1.165) is 11.4 Å². The molecule has 2 nitrogen and oxygen atoms in total. The van der Waals surface area contributed by atoms with Crippen molar-refractivity contribution in [2.75, 3.05) is 7.11 Å². The third-order valence-corrected chi connectivity index (χ3v) is 10.1. The highest BCUT2D eigenvalue weighted by Gasteiger charge is 2.41. The highest BCUT2D eigenvalue weighted by molar-refractivity contribution is 7.26. The first-order chi connectivity index (χ1) is 17.8. The standard InChI is InChI=1S/C35H39NOS/c1-20-27-28(35(7,8)16-15-34(27,5)6)32-26(30(20)37-9)24-14-17-36-29(31(24)38-32)22-18-21-12-10-11-13-23(21)25(19-22)33(2,3)4/h10-14,17-19H,15-16H2,1-9H3. The number of nitrogens with zero attached hydrogens (tertiary/aromatic N) is 1. The van der Waals surface area contributed by atoms with Crippen molar-refractivity contribution in [3.05, 3.63) is 70.9 Å². The molecule has 0 N–H and O–H groups in total. The largest absolute Gasteiger partial charge is 0.496 e. The molecule has 0 unspecified atom stereocenters. The average molecular weight is 522 g/mol. The molecule has 1 aliphatic rings. The predicted molar refractivity (Wildman–Crippen MR) is 165 cm³/mol. The van der Waals surface area contributed by atoms with Gasteiger partial charge >= 0.3 is 0 Å². The van der Waals surface area contributed by atoms with E-state index in [1.54, 1.807) is 0 Å². The normalized spacial score (nSPS) is 16.8. The summed E-state index contributed by atoms with van der Waals surface area (Å²) >= 11 is 1.92. The van der Waals surface area contributed by atoms with Gasteiger partial charge in [0.1, 0.15) is 5.75 Å². The summed E-state index contributed by atoms with van der Waals surface area (Å²) in [7, 11) is 1.83. The van der Waals surface area contributed by atoms with Crippen molar-refractivity contribution in [2.45, 2.75) is 84.5 Å². The van der Waals surface area contributed by atoms with Gasteiger partial charge in [-0.15, -0.1) is 11.3 Å². The van der Waals surface area contributed by atoms with E-state index in [4.69, 9.17) is 9.72 Å². The van der Waals surface area contributed by atoms with Gasteiger partial charge in [-0.25, -0.2) is 0 Å². The first-order valence-corrected chi connectivity index (χ1v) is 14.6. The summed E-state index contributed by atoms with van der Waals surface area (Å²) in [6.45, 7) is 18.8. The molecule has 3 heteroatoms. The number of thiophene rings is 1. The van der Waals surface area contributed by atoms with Crippen molar-refractivity contribution in [1.29, 1.82) is 0 Å². The molecule has 0 aliphatic heterocycles. The van der Waals surface area contributed by atoms with Gasteiger partial charge < -0.3 is 4.74 Å². The maximum Gasteiger partial charge on any atom is 0.131 e. The van der Waals surface area contributed by atoms with Crippen molar-refractivity contribution >= 4 is 42.3 Å². The second-order valence-corrected chi connectivity index (χ2v) is 14.5. The minimum atomic E-state index is 0.0265. The maximum atomic E-state index is 6.21.